The first-order valence-electron chi connectivity index (χ1n) is 10.3. The highest BCUT2D eigenvalue weighted by molar-refractivity contribution is 5.18. The summed E-state index contributed by atoms with van der Waals surface area (Å²) in [5.41, 5.74) is 0. The van der Waals surface area contributed by atoms with E-state index in [0.717, 1.165) is 0 Å². The van der Waals surface area contributed by atoms with Crippen LogP contribution >= 0.6 is 0 Å². The van der Waals surface area contributed by atoms with Crippen molar-refractivity contribution in [1.82, 2.24) is 0 Å². The van der Waals surface area contributed by atoms with Gasteiger partial charge in [0.1, 0.15) is 0 Å². The van der Waals surface area contributed by atoms with Crippen molar-refractivity contribution >= 4 is 0 Å². The van der Waals surface area contributed by atoms with E-state index >= 15 is 0 Å². The van der Waals surface area contributed by atoms with Gasteiger partial charge < -0.3 is 0 Å². The number of unbranched alkanes of at least 4 members (excludes halogenated alkanes) is 11. The van der Waals surface area contributed by atoms with Crippen molar-refractivity contribution in [2.45, 2.75) is 84.0 Å². The van der Waals surface area contributed by atoms with Gasteiger partial charge in [0.15, 0.2) is 0 Å². The third-order valence-electron chi connectivity index (χ3n) is 4.11. The zero-order valence-corrected chi connectivity index (χ0v) is 16.4. The Labute approximate surface area is 157 Å². The van der Waals surface area contributed by atoms with Crippen LogP contribution in [0.15, 0.2) is 66.8 Å². The van der Waals surface area contributed by atoms with Crippen LogP contribution < -0.4 is 0 Å². The molecule has 0 fully saturated rings. The van der Waals surface area contributed by atoms with Crippen LogP contribution in [0.5, 0.6) is 0 Å². The molecule has 0 atom stereocenters. The Morgan fingerprint density at radius 2 is 0.880 bits per heavy atom. The molecule has 0 aromatic rings. The van der Waals surface area contributed by atoms with E-state index in [2.05, 4.69) is 31.2 Å². The molecule has 0 spiro atoms. The second-order valence-corrected chi connectivity index (χ2v) is 6.48. The Hall–Kier alpha value is -1.56. The second kappa shape index (κ2) is 22.4. The number of hydrogen-bond donors (Lipinski definition) is 0. The summed E-state index contributed by atoms with van der Waals surface area (Å²) >= 11 is 0. The van der Waals surface area contributed by atoms with Gasteiger partial charge in [-0.05, 0) is 12.8 Å². The molecule has 139 valence electrons. The minimum Gasteiger partial charge on any atom is -0.0845 e. The molecular weight excluding hydrogens is 300 g/mol. The Balaban J connectivity index is 3.33. The van der Waals surface area contributed by atoms with E-state index in [-0.39, 0.29) is 0 Å². The molecule has 0 saturated carbocycles. The Morgan fingerprint density at radius 3 is 1.36 bits per heavy atom. The standard InChI is InChI=1S/C25H39/c1-3-5-7-9-11-13-15-17-19-21-23-25-24-22-20-18-16-14-12-10-8-6-4-2/h1,3,5,7,9,11,13,15,17,19,21,23H,4,6,8,10,12,14,16,18,20,22,24-25H2,2H3. The van der Waals surface area contributed by atoms with Crippen LogP contribution in [0.4, 0.5) is 0 Å². The van der Waals surface area contributed by atoms with E-state index in [0.29, 0.717) is 0 Å². The molecule has 0 nitrogen and oxygen atoms in total. The summed E-state index contributed by atoms with van der Waals surface area (Å²) in [5, 5.41) is 0. The summed E-state index contributed by atoms with van der Waals surface area (Å²) in [5.74, 6) is 0. The Bertz CT molecular complexity index is 404. The Morgan fingerprint density at radius 1 is 0.480 bits per heavy atom. The highest BCUT2D eigenvalue weighted by Gasteiger charge is 1.92. The number of rotatable bonds is 17. The van der Waals surface area contributed by atoms with Gasteiger partial charge >= 0.3 is 0 Å². The normalized spacial score (nSPS) is 12.7. The van der Waals surface area contributed by atoms with E-state index in [1.807, 2.05) is 30.4 Å². The average Bonchev–Trinajstić information content (AvgIpc) is 2.63. The van der Waals surface area contributed by atoms with Crippen LogP contribution in [0.25, 0.3) is 0 Å². The minimum atomic E-state index is 1.20. The molecule has 0 amide bonds. The van der Waals surface area contributed by atoms with E-state index in [4.69, 9.17) is 6.58 Å². The van der Waals surface area contributed by atoms with Gasteiger partial charge in [-0.15, -0.1) is 0 Å². The van der Waals surface area contributed by atoms with Crippen LogP contribution in [-0.4, -0.2) is 0 Å². The quantitative estimate of drug-likeness (QED) is 0.184. The minimum absolute atomic E-state index is 1.20. The van der Waals surface area contributed by atoms with E-state index in [9.17, 15) is 0 Å². The van der Waals surface area contributed by atoms with Crippen molar-refractivity contribution < 1.29 is 0 Å². The summed E-state index contributed by atoms with van der Waals surface area (Å²) in [6.45, 7) is 7.51. The van der Waals surface area contributed by atoms with Crippen molar-refractivity contribution in [3.05, 3.63) is 73.4 Å². The van der Waals surface area contributed by atoms with Gasteiger partial charge in [0.25, 0.3) is 0 Å². The fourth-order valence-electron chi connectivity index (χ4n) is 2.61. The van der Waals surface area contributed by atoms with Crippen LogP contribution in [0.3, 0.4) is 0 Å². The van der Waals surface area contributed by atoms with Gasteiger partial charge in [-0.2, -0.15) is 0 Å². The molecule has 0 aliphatic rings. The van der Waals surface area contributed by atoms with Gasteiger partial charge in [0.2, 0.25) is 0 Å². The summed E-state index contributed by atoms with van der Waals surface area (Å²) in [6, 6.07) is 0. The zero-order chi connectivity index (χ0) is 18.3. The molecule has 0 aliphatic carbocycles. The highest BCUT2D eigenvalue weighted by Crippen LogP contribution is 2.11. The van der Waals surface area contributed by atoms with Crippen LogP contribution in [0.2, 0.25) is 0 Å². The molecule has 0 aromatic heterocycles. The molecule has 0 bridgehead atoms. The monoisotopic (exact) mass is 339 g/mol. The van der Waals surface area contributed by atoms with Crippen molar-refractivity contribution in [2.24, 2.45) is 0 Å². The smallest absolute Gasteiger partial charge is 0.0348 e. The predicted molar refractivity (Wildman–Crippen MR) is 116 cm³/mol. The lowest BCUT2D eigenvalue weighted by Gasteiger charge is -2.01. The summed E-state index contributed by atoms with van der Waals surface area (Å²) in [7, 11) is 0. The molecule has 0 heteroatoms. The number of hydrogen-bond acceptors (Lipinski definition) is 0. The molecule has 0 unspecified atom stereocenters. The highest BCUT2D eigenvalue weighted by atomic mass is 14.0. The average molecular weight is 340 g/mol. The molecule has 1 radical (unpaired) electrons. The van der Waals surface area contributed by atoms with Crippen molar-refractivity contribution in [1.29, 1.82) is 0 Å². The molecule has 25 heavy (non-hydrogen) atoms. The molecule has 0 N–H and O–H groups in total. The lowest BCUT2D eigenvalue weighted by molar-refractivity contribution is 0.550. The van der Waals surface area contributed by atoms with Gasteiger partial charge in [-0.25, -0.2) is 0 Å². The Kier molecular flexibility index (Phi) is 21.0. The molecule has 0 saturated heterocycles. The van der Waals surface area contributed by atoms with E-state index in [1.165, 1.54) is 83.1 Å². The molecule has 0 heterocycles. The third-order valence-corrected chi connectivity index (χ3v) is 4.11. The fourth-order valence-corrected chi connectivity index (χ4v) is 2.61. The zero-order valence-electron chi connectivity index (χ0n) is 16.4. The molecular formula is C25H39. The van der Waals surface area contributed by atoms with Crippen LogP contribution in [0, 0.1) is 6.58 Å². The SMILES string of the molecule is [CH]=CC=CC=CC=CC=CC=CCCCCCCCCCCCCC. The third kappa shape index (κ3) is 22.4. The predicted octanol–water partition coefficient (Wildman–Crippen LogP) is 8.46. The molecule has 0 aliphatic heterocycles. The summed E-state index contributed by atoms with van der Waals surface area (Å²) < 4.78 is 0. The second-order valence-electron chi connectivity index (χ2n) is 6.48. The van der Waals surface area contributed by atoms with Gasteiger partial charge in [-0.3, -0.25) is 0 Å². The van der Waals surface area contributed by atoms with Crippen molar-refractivity contribution in [3.8, 4) is 0 Å². The molecule has 0 aromatic carbocycles. The topological polar surface area (TPSA) is 0 Å². The van der Waals surface area contributed by atoms with Crippen LogP contribution in [-0.2, 0) is 0 Å². The lowest BCUT2D eigenvalue weighted by Crippen LogP contribution is -1.81. The van der Waals surface area contributed by atoms with Gasteiger partial charge in [0.05, 0.1) is 0 Å². The van der Waals surface area contributed by atoms with Crippen LogP contribution in [0.1, 0.15) is 84.0 Å². The van der Waals surface area contributed by atoms with Gasteiger partial charge in [-0.1, -0.05) is 145 Å². The number of allylic oxidation sites excluding steroid dienone is 11. The largest absolute Gasteiger partial charge is 0.0845 e. The van der Waals surface area contributed by atoms with Crippen molar-refractivity contribution in [2.75, 3.05) is 0 Å². The first kappa shape index (κ1) is 23.4. The maximum Gasteiger partial charge on any atom is -0.0348 e. The molecule has 0 rings (SSSR count). The van der Waals surface area contributed by atoms with Gasteiger partial charge in [0, 0.05) is 0 Å². The fraction of sp³-hybridized carbons (Fsp3) is 0.520. The van der Waals surface area contributed by atoms with E-state index in [1.54, 1.807) is 6.08 Å². The summed E-state index contributed by atoms with van der Waals surface area (Å²) in [6.07, 6.45) is 38.5. The van der Waals surface area contributed by atoms with Crippen molar-refractivity contribution in [3.63, 3.8) is 0 Å². The lowest BCUT2D eigenvalue weighted by atomic mass is 10.1. The first-order valence-corrected chi connectivity index (χ1v) is 10.3. The van der Waals surface area contributed by atoms with E-state index < -0.39 is 0 Å². The first-order chi connectivity index (χ1) is 12.4. The maximum absolute atomic E-state index is 5.23. The summed E-state index contributed by atoms with van der Waals surface area (Å²) in [4.78, 5) is 0. The maximum atomic E-state index is 5.23.